The summed E-state index contributed by atoms with van der Waals surface area (Å²) in [5.41, 5.74) is 3.82. The van der Waals surface area contributed by atoms with Crippen LogP contribution in [0.5, 0.6) is 0 Å². The lowest BCUT2D eigenvalue weighted by molar-refractivity contribution is -0.122. The van der Waals surface area contributed by atoms with E-state index in [1.807, 2.05) is 26.1 Å². The van der Waals surface area contributed by atoms with Crippen molar-refractivity contribution in [2.75, 3.05) is 5.32 Å². The van der Waals surface area contributed by atoms with Gasteiger partial charge in [0.25, 0.3) is 0 Å². The van der Waals surface area contributed by atoms with Crippen LogP contribution in [0.4, 0.5) is 5.69 Å². The predicted molar refractivity (Wildman–Crippen MR) is 93.8 cm³/mol. The Bertz CT molecular complexity index is 894. The Kier molecular flexibility index (Phi) is 3.56. The lowest BCUT2D eigenvalue weighted by Gasteiger charge is -2.34. The Hall–Kier alpha value is -2.69. The largest absolute Gasteiger partial charge is 0.324 e. The predicted octanol–water partition coefficient (Wildman–Crippen LogP) is 3.41. The fourth-order valence-electron chi connectivity index (χ4n) is 3.45. The monoisotopic (exact) mass is 320 g/mol. The zero-order valence-electron chi connectivity index (χ0n) is 13.9. The Morgan fingerprint density at radius 1 is 1.25 bits per heavy atom. The van der Waals surface area contributed by atoms with Gasteiger partial charge in [-0.3, -0.25) is 9.48 Å². The number of pyridine rings is 1. The molecule has 1 aliphatic carbocycles. The van der Waals surface area contributed by atoms with Crippen LogP contribution in [0.2, 0.25) is 0 Å². The van der Waals surface area contributed by atoms with Gasteiger partial charge in [-0.05, 0) is 37.3 Å². The Morgan fingerprint density at radius 2 is 2.00 bits per heavy atom. The van der Waals surface area contributed by atoms with E-state index in [1.54, 1.807) is 10.9 Å². The van der Waals surface area contributed by atoms with Crippen LogP contribution in [-0.4, -0.2) is 20.7 Å². The molecule has 1 aromatic carbocycles. The molecule has 5 nitrogen and oxygen atoms in total. The SMILES string of the molecule is Cc1nn(C)c2ncc(NC(=O)C3CC(c4ccccc4)C3)cc12. The van der Waals surface area contributed by atoms with Gasteiger partial charge in [0, 0.05) is 18.4 Å². The third-order valence-corrected chi connectivity index (χ3v) is 4.91. The molecular weight excluding hydrogens is 300 g/mol. The van der Waals surface area contributed by atoms with E-state index in [2.05, 4.69) is 39.7 Å². The van der Waals surface area contributed by atoms with Crippen LogP contribution in [-0.2, 0) is 11.8 Å². The van der Waals surface area contributed by atoms with Crippen molar-refractivity contribution >= 4 is 22.6 Å². The van der Waals surface area contributed by atoms with Gasteiger partial charge >= 0.3 is 0 Å². The van der Waals surface area contributed by atoms with Crippen molar-refractivity contribution in [2.45, 2.75) is 25.7 Å². The van der Waals surface area contributed by atoms with Gasteiger partial charge in [-0.25, -0.2) is 4.98 Å². The molecule has 1 saturated carbocycles. The molecule has 3 aromatic rings. The molecule has 0 atom stereocenters. The van der Waals surface area contributed by atoms with Gasteiger partial charge in [0.05, 0.1) is 17.6 Å². The van der Waals surface area contributed by atoms with Gasteiger partial charge in [-0.2, -0.15) is 5.10 Å². The third kappa shape index (κ3) is 2.56. The summed E-state index contributed by atoms with van der Waals surface area (Å²) < 4.78 is 1.76. The third-order valence-electron chi connectivity index (χ3n) is 4.91. The van der Waals surface area contributed by atoms with Crippen molar-refractivity contribution in [2.24, 2.45) is 13.0 Å². The molecule has 0 spiro atoms. The van der Waals surface area contributed by atoms with Crippen molar-refractivity contribution in [3.8, 4) is 0 Å². The highest BCUT2D eigenvalue weighted by Gasteiger charge is 2.35. The van der Waals surface area contributed by atoms with Crippen LogP contribution in [0.25, 0.3) is 11.0 Å². The number of fused-ring (bicyclic) bond motifs is 1. The van der Waals surface area contributed by atoms with Gasteiger partial charge in [0.2, 0.25) is 5.91 Å². The van der Waals surface area contributed by atoms with Crippen LogP contribution in [0, 0.1) is 12.8 Å². The first kappa shape index (κ1) is 14.9. The fourth-order valence-corrected chi connectivity index (χ4v) is 3.45. The molecule has 1 N–H and O–H groups in total. The van der Waals surface area contributed by atoms with Crippen molar-refractivity contribution in [1.82, 2.24) is 14.8 Å². The van der Waals surface area contributed by atoms with E-state index in [0.717, 1.165) is 35.3 Å². The highest BCUT2D eigenvalue weighted by atomic mass is 16.1. The minimum atomic E-state index is 0.0842. The maximum Gasteiger partial charge on any atom is 0.227 e. The van der Waals surface area contributed by atoms with Gasteiger partial charge < -0.3 is 5.32 Å². The molecule has 2 heterocycles. The van der Waals surface area contributed by atoms with Crippen LogP contribution in [0.3, 0.4) is 0 Å². The van der Waals surface area contributed by atoms with Crippen LogP contribution in [0.1, 0.15) is 30.0 Å². The summed E-state index contributed by atoms with van der Waals surface area (Å²) in [5, 5.41) is 8.34. The summed E-state index contributed by atoms with van der Waals surface area (Å²) in [5.74, 6) is 0.675. The Labute approximate surface area is 140 Å². The molecule has 122 valence electrons. The summed E-state index contributed by atoms with van der Waals surface area (Å²) in [6.07, 6.45) is 3.53. The molecule has 1 fully saturated rings. The number of anilines is 1. The molecule has 24 heavy (non-hydrogen) atoms. The number of hydrogen-bond donors (Lipinski definition) is 1. The summed E-state index contributed by atoms with van der Waals surface area (Å²) >= 11 is 0. The highest BCUT2D eigenvalue weighted by Crippen LogP contribution is 2.42. The second-order valence-electron chi connectivity index (χ2n) is 6.57. The van der Waals surface area contributed by atoms with Crippen molar-refractivity contribution in [3.63, 3.8) is 0 Å². The van der Waals surface area contributed by atoms with Gasteiger partial charge in [0.15, 0.2) is 5.65 Å². The number of benzene rings is 1. The molecule has 2 aromatic heterocycles. The molecule has 0 unspecified atom stereocenters. The highest BCUT2D eigenvalue weighted by molar-refractivity contribution is 5.95. The zero-order valence-corrected chi connectivity index (χ0v) is 13.9. The average molecular weight is 320 g/mol. The summed E-state index contributed by atoms with van der Waals surface area (Å²) in [4.78, 5) is 16.8. The molecule has 5 heteroatoms. The first-order chi connectivity index (χ1) is 11.6. The van der Waals surface area contributed by atoms with Crippen molar-refractivity contribution in [1.29, 1.82) is 0 Å². The maximum absolute atomic E-state index is 12.4. The van der Waals surface area contributed by atoms with Gasteiger partial charge in [-0.1, -0.05) is 30.3 Å². The second-order valence-corrected chi connectivity index (χ2v) is 6.57. The van der Waals surface area contributed by atoms with Gasteiger partial charge in [0.1, 0.15) is 0 Å². The molecule has 0 saturated heterocycles. The quantitative estimate of drug-likeness (QED) is 0.804. The average Bonchev–Trinajstić information content (AvgIpc) is 2.81. The lowest BCUT2D eigenvalue weighted by Crippen LogP contribution is -2.33. The minimum absolute atomic E-state index is 0.0842. The van der Waals surface area contributed by atoms with Crippen LogP contribution < -0.4 is 5.32 Å². The minimum Gasteiger partial charge on any atom is -0.324 e. The van der Waals surface area contributed by atoms with E-state index in [-0.39, 0.29) is 11.8 Å². The fraction of sp³-hybridized carbons (Fsp3) is 0.316. The number of aromatic nitrogens is 3. The topological polar surface area (TPSA) is 59.8 Å². The summed E-state index contributed by atoms with van der Waals surface area (Å²) in [6, 6.07) is 12.4. The normalized spacial score (nSPS) is 19.9. The van der Waals surface area contributed by atoms with E-state index < -0.39 is 0 Å². The van der Waals surface area contributed by atoms with Gasteiger partial charge in [-0.15, -0.1) is 0 Å². The number of carbonyl (C=O) groups excluding carboxylic acids is 1. The van der Waals surface area contributed by atoms with E-state index in [9.17, 15) is 4.79 Å². The molecule has 0 radical (unpaired) electrons. The number of amides is 1. The lowest BCUT2D eigenvalue weighted by atomic mass is 9.71. The molecule has 0 aliphatic heterocycles. The molecule has 4 rings (SSSR count). The summed E-state index contributed by atoms with van der Waals surface area (Å²) in [6.45, 7) is 1.95. The molecule has 1 amide bonds. The zero-order chi connectivity index (χ0) is 16.7. The Balaban J connectivity index is 1.43. The number of hydrogen-bond acceptors (Lipinski definition) is 3. The number of rotatable bonds is 3. The summed E-state index contributed by atoms with van der Waals surface area (Å²) in [7, 11) is 1.87. The standard InChI is InChI=1S/C19H20N4O/c1-12-17-10-16(11-20-18(17)23(2)22-12)21-19(24)15-8-14(9-15)13-6-4-3-5-7-13/h3-7,10-11,14-15H,8-9H2,1-2H3,(H,21,24). The molecular formula is C19H20N4O. The number of nitrogens with zero attached hydrogens (tertiary/aromatic N) is 3. The van der Waals surface area contributed by atoms with E-state index in [4.69, 9.17) is 0 Å². The smallest absolute Gasteiger partial charge is 0.227 e. The molecule has 0 bridgehead atoms. The van der Waals surface area contributed by atoms with E-state index in [0.29, 0.717) is 5.92 Å². The molecule has 1 aliphatic rings. The second kappa shape index (κ2) is 5.74. The van der Waals surface area contributed by atoms with Crippen molar-refractivity contribution < 1.29 is 4.79 Å². The van der Waals surface area contributed by atoms with E-state index >= 15 is 0 Å². The number of nitrogens with one attached hydrogen (secondary N) is 1. The number of aryl methyl sites for hydroxylation is 2. The first-order valence-corrected chi connectivity index (χ1v) is 8.27. The number of carbonyl (C=O) groups is 1. The van der Waals surface area contributed by atoms with Crippen LogP contribution in [0.15, 0.2) is 42.6 Å². The van der Waals surface area contributed by atoms with Crippen molar-refractivity contribution in [3.05, 3.63) is 53.9 Å². The Morgan fingerprint density at radius 3 is 2.75 bits per heavy atom. The van der Waals surface area contributed by atoms with E-state index in [1.165, 1.54) is 5.56 Å². The van der Waals surface area contributed by atoms with Crippen LogP contribution >= 0.6 is 0 Å². The maximum atomic E-state index is 12.4. The first-order valence-electron chi connectivity index (χ1n) is 8.27.